The van der Waals surface area contributed by atoms with Crippen molar-refractivity contribution in [2.75, 3.05) is 12.4 Å². The van der Waals surface area contributed by atoms with E-state index in [1.54, 1.807) is 25.3 Å². The summed E-state index contributed by atoms with van der Waals surface area (Å²) in [5.74, 6) is -1.03. The van der Waals surface area contributed by atoms with Gasteiger partial charge in [0.1, 0.15) is 17.7 Å². The molecule has 0 spiro atoms. The van der Waals surface area contributed by atoms with Crippen LogP contribution in [0.25, 0.3) is 17.2 Å². The van der Waals surface area contributed by atoms with E-state index in [1.165, 1.54) is 13.1 Å². The lowest BCUT2D eigenvalue weighted by atomic mass is 9.99. The highest BCUT2D eigenvalue weighted by molar-refractivity contribution is 6.01. The smallest absolute Gasteiger partial charge is 0.260 e. The number of fused-ring (bicyclic) bond motifs is 1. The SMILES string of the molecule is CNC(=O)c1c(Nc2cc(-c3ccccn3)[nH]n2)ncnc1OC1C=C(F)c2[nH]c(C)cc2C1F. The number of carbonyl (C=O) groups is 1. The first-order valence-electron chi connectivity index (χ1n) is 10.6. The fourth-order valence-corrected chi connectivity index (χ4v) is 3.78. The molecule has 0 aromatic carbocycles. The number of anilines is 2. The summed E-state index contributed by atoms with van der Waals surface area (Å²) in [6, 6.07) is 8.65. The maximum Gasteiger partial charge on any atom is 0.260 e. The molecule has 10 nitrogen and oxygen atoms in total. The minimum absolute atomic E-state index is 0.0715. The molecule has 0 saturated carbocycles. The van der Waals surface area contributed by atoms with Gasteiger partial charge in [0.15, 0.2) is 23.9 Å². The number of aromatic amines is 2. The average Bonchev–Trinajstić information content (AvgIpc) is 3.50. The van der Waals surface area contributed by atoms with Crippen molar-refractivity contribution in [2.45, 2.75) is 19.2 Å². The molecule has 4 heterocycles. The second-order valence-corrected chi connectivity index (χ2v) is 7.77. The monoisotopic (exact) mass is 478 g/mol. The minimum atomic E-state index is -1.68. The summed E-state index contributed by atoms with van der Waals surface area (Å²) in [5.41, 5.74) is 2.06. The molecule has 2 unspecified atom stereocenters. The maximum absolute atomic E-state index is 15.2. The number of pyridine rings is 1. The van der Waals surface area contributed by atoms with Gasteiger partial charge in [-0.05, 0) is 31.2 Å². The van der Waals surface area contributed by atoms with Crippen LogP contribution in [0.3, 0.4) is 0 Å². The van der Waals surface area contributed by atoms with Gasteiger partial charge in [-0.2, -0.15) is 5.10 Å². The van der Waals surface area contributed by atoms with Crippen molar-refractivity contribution in [2.24, 2.45) is 0 Å². The number of alkyl halides is 1. The Morgan fingerprint density at radius 2 is 2.06 bits per heavy atom. The van der Waals surface area contributed by atoms with E-state index in [2.05, 4.69) is 40.8 Å². The number of hydrogen-bond donors (Lipinski definition) is 4. The maximum atomic E-state index is 15.2. The summed E-state index contributed by atoms with van der Waals surface area (Å²) in [7, 11) is 1.42. The Balaban J connectivity index is 1.46. The Morgan fingerprint density at radius 3 is 2.83 bits per heavy atom. The molecule has 2 atom stereocenters. The highest BCUT2D eigenvalue weighted by Crippen LogP contribution is 2.39. The van der Waals surface area contributed by atoms with Crippen LogP contribution in [0, 0.1) is 6.92 Å². The van der Waals surface area contributed by atoms with E-state index in [1.807, 2.05) is 12.1 Å². The Hall–Kier alpha value is -4.61. The first kappa shape index (κ1) is 22.2. The van der Waals surface area contributed by atoms with Crippen molar-refractivity contribution in [3.63, 3.8) is 0 Å². The number of aromatic nitrogens is 6. The van der Waals surface area contributed by atoms with Crippen LogP contribution in [0.2, 0.25) is 0 Å². The molecule has 1 aliphatic rings. The Kier molecular flexibility index (Phi) is 5.69. The predicted molar refractivity (Wildman–Crippen MR) is 123 cm³/mol. The van der Waals surface area contributed by atoms with Gasteiger partial charge >= 0.3 is 0 Å². The first-order valence-corrected chi connectivity index (χ1v) is 10.6. The summed E-state index contributed by atoms with van der Waals surface area (Å²) in [4.78, 5) is 27.9. The number of rotatable bonds is 6. The third-order valence-corrected chi connectivity index (χ3v) is 5.40. The standard InChI is InChI=1S/C23H20F2N8O2/c1-11-7-12-19(25)16(8-13(24)20(12)30-11)35-23-18(22(34)26-2)21(28-10-29-23)31-17-9-15(32-33-17)14-5-3-4-6-27-14/h3-10,16,19,30H,1-2H3,(H,26,34)(H2,28,29,31,32,33). The topological polar surface area (TPSA) is 134 Å². The molecule has 1 aliphatic carbocycles. The average molecular weight is 478 g/mol. The fraction of sp³-hybridized carbons (Fsp3) is 0.174. The molecule has 4 aromatic heterocycles. The van der Waals surface area contributed by atoms with Gasteiger partial charge in [0.25, 0.3) is 5.91 Å². The lowest BCUT2D eigenvalue weighted by molar-refractivity contribution is 0.0943. The van der Waals surface area contributed by atoms with E-state index in [9.17, 15) is 9.18 Å². The fourth-order valence-electron chi connectivity index (χ4n) is 3.78. The van der Waals surface area contributed by atoms with E-state index in [0.717, 1.165) is 12.4 Å². The molecule has 178 valence electrons. The molecule has 0 radical (unpaired) electrons. The van der Waals surface area contributed by atoms with Crippen molar-refractivity contribution < 1.29 is 18.3 Å². The van der Waals surface area contributed by atoms with Crippen LogP contribution in [0.1, 0.15) is 33.5 Å². The van der Waals surface area contributed by atoms with E-state index in [-0.39, 0.29) is 28.5 Å². The number of nitrogens with one attached hydrogen (secondary N) is 4. The second kappa shape index (κ2) is 8.97. The summed E-state index contributed by atoms with van der Waals surface area (Å²) < 4.78 is 35.5. The van der Waals surface area contributed by atoms with Gasteiger partial charge in [-0.25, -0.2) is 18.7 Å². The van der Waals surface area contributed by atoms with Crippen LogP contribution in [-0.4, -0.2) is 49.2 Å². The van der Waals surface area contributed by atoms with Gasteiger partial charge in [-0.3, -0.25) is 14.9 Å². The molecule has 4 aromatic rings. The molecule has 0 bridgehead atoms. The van der Waals surface area contributed by atoms with E-state index < -0.39 is 24.0 Å². The number of amides is 1. The highest BCUT2D eigenvalue weighted by Gasteiger charge is 2.35. The largest absolute Gasteiger partial charge is 0.466 e. The summed E-state index contributed by atoms with van der Waals surface area (Å²) in [6.07, 6.45) is 0.798. The normalized spacial score (nSPS) is 16.9. The molecular formula is C23H20F2N8O2. The lowest BCUT2D eigenvalue weighted by Crippen LogP contribution is -2.27. The first-order chi connectivity index (χ1) is 16.9. The van der Waals surface area contributed by atoms with Crippen LogP contribution >= 0.6 is 0 Å². The Bertz CT molecular complexity index is 1420. The molecule has 4 N–H and O–H groups in total. The summed E-state index contributed by atoms with van der Waals surface area (Å²) in [5, 5.41) is 12.5. The zero-order valence-electron chi connectivity index (χ0n) is 18.6. The van der Waals surface area contributed by atoms with Crippen LogP contribution in [0.15, 0.2) is 48.9 Å². The molecule has 0 aliphatic heterocycles. The third kappa shape index (κ3) is 4.21. The number of ether oxygens (including phenoxy) is 1. The Morgan fingerprint density at radius 1 is 1.20 bits per heavy atom. The van der Waals surface area contributed by atoms with Crippen molar-refractivity contribution in [3.05, 3.63) is 71.4 Å². The van der Waals surface area contributed by atoms with Gasteiger partial charge < -0.3 is 20.4 Å². The lowest BCUT2D eigenvalue weighted by Gasteiger charge is -2.24. The van der Waals surface area contributed by atoms with E-state index in [4.69, 9.17) is 4.74 Å². The van der Waals surface area contributed by atoms with Crippen molar-refractivity contribution in [1.29, 1.82) is 0 Å². The predicted octanol–water partition coefficient (Wildman–Crippen LogP) is 3.78. The van der Waals surface area contributed by atoms with Crippen molar-refractivity contribution in [1.82, 2.24) is 35.5 Å². The molecule has 5 rings (SSSR count). The van der Waals surface area contributed by atoms with Crippen molar-refractivity contribution in [3.8, 4) is 17.3 Å². The number of halogens is 2. The van der Waals surface area contributed by atoms with Gasteiger partial charge in [0.2, 0.25) is 5.88 Å². The zero-order chi connectivity index (χ0) is 24.5. The van der Waals surface area contributed by atoms with Gasteiger partial charge in [0, 0.05) is 30.6 Å². The number of carbonyl (C=O) groups excluding carboxylic acids is 1. The highest BCUT2D eigenvalue weighted by atomic mass is 19.1. The molecule has 12 heteroatoms. The van der Waals surface area contributed by atoms with Crippen LogP contribution in [-0.2, 0) is 0 Å². The minimum Gasteiger partial charge on any atom is -0.466 e. The van der Waals surface area contributed by atoms with Gasteiger partial charge in [0.05, 0.1) is 17.1 Å². The molecule has 0 saturated heterocycles. The van der Waals surface area contributed by atoms with E-state index >= 15 is 4.39 Å². The molecule has 1 amide bonds. The summed E-state index contributed by atoms with van der Waals surface area (Å²) >= 11 is 0. The number of aryl methyl sites for hydroxylation is 1. The molecular weight excluding hydrogens is 458 g/mol. The summed E-state index contributed by atoms with van der Waals surface area (Å²) in [6.45, 7) is 1.70. The van der Waals surface area contributed by atoms with Crippen LogP contribution < -0.4 is 15.4 Å². The molecule has 0 fully saturated rings. The van der Waals surface area contributed by atoms with Crippen molar-refractivity contribution >= 4 is 23.4 Å². The zero-order valence-corrected chi connectivity index (χ0v) is 18.6. The van der Waals surface area contributed by atoms with Crippen LogP contribution in [0.4, 0.5) is 20.4 Å². The van der Waals surface area contributed by atoms with Crippen LogP contribution in [0.5, 0.6) is 5.88 Å². The van der Waals surface area contributed by atoms with Gasteiger partial charge in [-0.15, -0.1) is 0 Å². The third-order valence-electron chi connectivity index (χ3n) is 5.40. The Labute approximate surface area is 197 Å². The number of hydrogen-bond acceptors (Lipinski definition) is 7. The molecule has 35 heavy (non-hydrogen) atoms. The second-order valence-electron chi connectivity index (χ2n) is 7.77. The quantitative estimate of drug-likeness (QED) is 0.331. The number of H-pyrrole nitrogens is 2. The number of nitrogens with zero attached hydrogens (tertiary/aromatic N) is 4. The van der Waals surface area contributed by atoms with E-state index in [0.29, 0.717) is 22.9 Å². The van der Waals surface area contributed by atoms with Gasteiger partial charge in [-0.1, -0.05) is 6.07 Å².